The Morgan fingerprint density at radius 2 is 1.89 bits per heavy atom. The van der Waals surface area contributed by atoms with E-state index in [4.69, 9.17) is 9.47 Å². The molecule has 0 bridgehead atoms. The summed E-state index contributed by atoms with van der Waals surface area (Å²) in [4.78, 5) is 19.5. The molecule has 3 heterocycles. The predicted octanol–water partition coefficient (Wildman–Crippen LogP) is 2.44. The van der Waals surface area contributed by atoms with Crippen molar-refractivity contribution in [2.75, 3.05) is 31.2 Å². The van der Waals surface area contributed by atoms with Gasteiger partial charge in [-0.05, 0) is 31.5 Å². The Morgan fingerprint density at radius 3 is 2.54 bits per heavy atom. The van der Waals surface area contributed by atoms with Gasteiger partial charge in [-0.1, -0.05) is 30.3 Å². The number of anilines is 1. The van der Waals surface area contributed by atoms with Crippen LogP contribution in [0.4, 0.5) is 5.69 Å². The summed E-state index contributed by atoms with van der Waals surface area (Å²) in [6, 6.07) is 14.0. The van der Waals surface area contributed by atoms with Crippen LogP contribution < -0.4 is 10.2 Å². The number of nitrogens with one attached hydrogen (secondary N) is 1. The first kappa shape index (κ1) is 18.9. The fourth-order valence-corrected chi connectivity index (χ4v) is 3.99. The molecule has 1 N–H and O–H groups in total. The number of aromatic nitrogens is 1. The molecule has 2 saturated heterocycles. The minimum Gasteiger partial charge on any atom is -0.376 e. The van der Waals surface area contributed by atoms with Gasteiger partial charge in [-0.3, -0.25) is 9.78 Å². The molecule has 0 saturated carbocycles. The highest BCUT2D eigenvalue weighted by Gasteiger charge is 2.40. The monoisotopic (exact) mass is 381 g/mol. The van der Waals surface area contributed by atoms with Gasteiger partial charge in [0.1, 0.15) is 5.69 Å². The maximum atomic E-state index is 12.9. The van der Waals surface area contributed by atoms with Crippen LogP contribution in [-0.4, -0.2) is 54.9 Å². The summed E-state index contributed by atoms with van der Waals surface area (Å²) in [5.74, 6) is -0.157. The number of amides is 1. The van der Waals surface area contributed by atoms with Gasteiger partial charge < -0.3 is 19.7 Å². The molecule has 148 valence electrons. The minimum absolute atomic E-state index is 0.157. The molecule has 2 aliphatic rings. The number of carbonyl (C=O) groups is 1. The first-order chi connectivity index (χ1) is 13.5. The zero-order valence-electron chi connectivity index (χ0n) is 16.4. The molecule has 0 aliphatic carbocycles. The molecule has 2 atom stereocenters. The lowest BCUT2D eigenvalue weighted by Crippen LogP contribution is -2.63. The molecule has 6 heteroatoms. The number of nitrogens with zero attached hydrogens (tertiary/aromatic N) is 2. The predicted molar refractivity (Wildman–Crippen MR) is 108 cm³/mol. The number of ether oxygens (including phenoxy) is 2. The third-order valence-electron chi connectivity index (χ3n) is 5.28. The number of rotatable bonds is 5. The van der Waals surface area contributed by atoms with Crippen LogP contribution in [0.2, 0.25) is 0 Å². The number of hydrogen-bond acceptors (Lipinski definition) is 5. The number of benzene rings is 1. The highest BCUT2D eigenvalue weighted by molar-refractivity contribution is 5.93. The maximum Gasteiger partial charge on any atom is 0.270 e. The van der Waals surface area contributed by atoms with Crippen LogP contribution in [0.3, 0.4) is 0 Å². The molecule has 1 aromatic carbocycles. The van der Waals surface area contributed by atoms with Crippen LogP contribution in [0.5, 0.6) is 0 Å². The molecule has 2 aromatic rings. The summed E-state index contributed by atoms with van der Waals surface area (Å²) >= 11 is 0. The number of morpholine rings is 1. The van der Waals surface area contributed by atoms with E-state index in [-0.39, 0.29) is 23.7 Å². The third-order valence-corrected chi connectivity index (χ3v) is 5.28. The molecule has 4 rings (SSSR count). The molecular weight excluding hydrogens is 354 g/mol. The SMILES string of the molecule is C[C@@H]1CN(c2ccnc(C(=O)NC3(Cc4ccccc4)COC3)c2)C[C@H](C)O1. The van der Waals surface area contributed by atoms with Crippen molar-refractivity contribution in [1.82, 2.24) is 10.3 Å². The van der Waals surface area contributed by atoms with Crippen molar-refractivity contribution in [3.8, 4) is 0 Å². The van der Waals surface area contributed by atoms with Crippen molar-refractivity contribution in [1.29, 1.82) is 0 Å². The lowest BCUT2D eigenvalue weighted by molar-refractivity contribution is -0.0690. The van der Waals surface area contributed by atoms with E-state index in [9.17, 15) is 4.79 Å². The molecule has 2 aliphatic heterocycles. The average molecular weight is 381 g/mol. The van der Waals surface area contributed by atoms with Crippen LogP contribution in [-0.2, 0) is 15.9 Å². The first-order valence-electron chi connectivity index (χ1n) is 9.84. The van der Waals surface area contributed by atoms with Crippen LogP contribution in [0.1, 0.15) is 29.9 Å². The van der Waals surface area contributed by atoms with E-state index in [0.29, 0.717) is 18.9 Å². The molecule has 6 nitrogen and oxygen atoms in total. The summed E-state index contributed by atoms with van der Waals surface area (Å²) in [7, 11) is 0. The van der Waals surface area contributed by atoms with E-state index in [2.05, 4.69) is 41.2 Å². The quantitative estimate of drug-likeness (QED) is 0.862. The standard InChI is InChI=1S/C22H27N3O3/c1-16-12-25(13-17(2)28-16)19-8-9-23-20(10-19)21(26)24-22(14-27-15-22)11-18-6-4-3-5-7-18/h3-10,16-17H,11-15H2,1-2H3,(H,24,26)/t16-,17+. The van der Waals surface area contributed by atoms with Crippen molar-refractivity contribution in [2.24, 2.45) is 0 Å². The largest absolute Gasteiger partial charge is 0.376 e. The Kier molecular flexibility index (Phi) is 5.33. The van der Waals surface area contributed by atoms with Gasteiger partial charge in [0.25, 0.3) is 5.91 Å². The van der Waals surface area contributed by atoms with Gasteiger partial charge in [-0.25, -0.2) is 0 Å². The van der Waals surface area contributed by atoms with Gasteiger partial charge in [0.05, 0.1) is 31.0 Å². The smallest absolute Gasteiger partial charge is 0.270 e. The van der Waals surface area contributed by atoms with E-state index in [1.807, 2.05) is 30.3 Å². The molecule has 0 unspecified atom stereocenters. The second-order valence-corrected chi connectivity index (χ2v) is 7.95. The normalized spacial score (nSPS) is 23.7. The second kappa shape index (κ2) is 7.89. The van der Waals surface area contributed by atoms with E-state index in [0.717, 1.165) is 25.2 Å². The summed E-state index contributed by atoms with van der Waals surface area (Å²) in [6.07, 6.45) is 2.78. The van der Waals surface area contributed by atoms with Crippen LogP contribution in [0.25, 0.3) is 0 Å². The second-order valence-electron chi connectivity index (χ2n) is 7.95. The minimum atomic E-state index is -0.363. The Hall–Kier alpha value is -2.44. The Labute approximate surface area is 165 Å². The van der Waals surface area contributed by atoms with Crippen LogP contribution in [0, 0.1) is 0 Å². The van der Waals surface area contributed by atoms with E-state index in [1.165, 1.54) is 5.56 Å². The topological polar surface area (TPSA) is 63.7 Å². The molecule has 28 heavy (non-hydrogen) atoms. The Bertz CT molecular complexity index is 813. The fourth-order valence-electron chi connectivity index (χ4n) is 3.99. The number of hydrogen-bond donors (Lipinski definition) is 1. The molecule has 0 radical (unpaired) electrons. The third kappa shape index (κ3) is 4.18. The summed E-state index contributed by atoms with van der Waals surface area (Å²) in [6.45, 7) is 6.79. The number of carbonyl (C=O) groups excluding carboxylic acids is 1. The van der Waals surface area contributed by atoms with Gasteiger partial charge in [0.2, 0.25) is 0 Å². The Balaban J connectivity index is 1.47. The van der Waals surface area contributed by atoms with Crippen LogP contribution >= 0.6 is 0 Å². The molecule has 1 aromatic heterocycles. The highest BCUT2D eigenvalue weighted by Crippen LogP contribution is 2.24. The first-order valence-corrected chi connectivity index (χ1v) is 9.84. The summed E-state index contributed by atoms with van der Waals surface area (Å²) in [5.41, 5.74) is 2.26. The molecule has 2 fully saturated rings. The zero-order valence-corrected chi connectivity index (χ0v) is 16.4. The van der Waals surface area contributed by atoms with Crippen molar-refractivity contribution in [3.05, 3.63) is 59.9 Å². The van der Waals surface area contributed by atoms with Gasteiger partial charge in [-0.2, -0.15) is 0 Å². The maximum absolute atomic E-state index is 12.9. The lowest BCUT2D eigenvalue weighted by Gasteiger charge is -2.42. The van der Waals surface area contributed by atoms with E-state index in [1.54, 1.807) is 6.20 Å². The van der Waals surface area contributed by atoms with E-state index >= 15 is 0 Å². The van der Waals surface area contributed by atoms with Gasteiger partial charge in [0.15, 0.2) is 0 Å². The summed E-state index contributed by atoms with van der Waals surface area (Å²) < 4.78 is 11.2. The van der Waals surface area contributed by atoms with Gasteiger partial charge in [0, 0.05) is 31.4 Å². The average Bonchev–Trinajstić information content (AvgIpc) is 2.66. The van der Waals surface area contributed by atoms with E-state index < -0.39 is 0 Å². The van der Waals surface area contributed by atoms with Crippen LogP contribution in [0.15, 0.2) is 48.7 Å². The molecular formula is C22H27N3O3. The fraction of sp³-hybridized carbons (Fsp3) is 0.455. The van der Waals surface area contributed by atoms with Crippen molar-refractivity contribution in [3.63, 3.8) is 0 Å². The van der Waals surface area contributed by atoms with Crippen molar-refractivity contribution < 1.29 is 14.3 Å². The number of pyridine rings is 1. The molecule has 0 spiro atoms. The van der Waals surface area contributed by atoms with Gasteiger partial charge >= 0.3 is 0 Å². The van der Waals surface area contributed by atoms with Crippen molar-refractivity contribution in [2.45, 2.75) is 38.0 Å². The Morgan fingerprint density at radius 1 is 1.18 bits per heavy atom. The van der Waals surface area contributed by atoms with Crippen molar-refractivity contribution >= 4 is 11.6 Å². The summed E-state index contributed by atoms with van der Waals surface area (Å²) in [5, 5.41) is 3.17. The van der Waals surface area contributed by atoms with Gasteiger partial charge in [-0.15, -0.1) is 0 Å². The lowest BCUT2D eigenvalue weighted by atomic mass is 9.88. The highest BCUT2D eigenvalue weighted by atomic mass is 16.5. The molecule has 1 amide bonds. The zero-order chi connectivity index (χ0) is 19.6.